The molecule has 0 spiro atoms. The minimum atomic E-state index is 0.754. The molecule has 1 aliphatic heterocycles. The van der Waals surface area contributed by atoms with Gasteiger partial charge in [0, 0.05) is 18.3 Å². The van der Waals surface area contributed by atoms with Gasteiger partial charge in [-0.3, -0.25) is 10.0 Å². The lowest BCUT2D eigenvalue weighted by atomic mass is 9.97. The second kappa shape index (κ2) is 8.38. The van der Waals surface area contributed by atoms with E-state index in [4.69, 9.17) is 9.47 Å². The third-order valence-corrected chi connectivity index (χ3v) is 5.39. The summed E-state index contributed by atoms with van der Waals surface area (Å²) in [7, 11) is 3.34. The van der Waals surface area contributed by atoms with Gasteiger partial charge >= 0.3 is 0 Å². The van der Waals surface area contributed by atoms with Gasteiger partial charge in [-0.25, -0.2) is 0 Å². The van der Waals surface area contributed by atoms with Crippen LogP contribution in [0.1, 0.15) is 30.5 Å². The number of hydrogen-bond donors (Lipinski definition) is 0. The largest absolute Gasteiger partial charge is 0.493 e. The Labute approximate surface area is 163 Å². The number of hydrazine groups is 1. The molecular weight excluding hydrogens is 336 g/mol. The average molecular weight is 367 g/mol. The van der Waals surface area contributed by atoms with Gasteiger partial charge in [0.2, 0.25) is 0 Å². The van der Waals surface area contributed by atoms with Crippen molar-refractivity contribution in [1.82, 2.24) is 5.01 Å². The number of ether oxygens (including phenoxy) is 2. The zero-order valence-corrected chi connectivity index (χ0v) is 17.1. The van der Waals surface area contributed by atoms with E-state index in [1.165, 1.54) is 22.4 Å². The van der Waals surface area contributed by atoms with Crippen LogP contribution in [0.3, 0.4) is 0 Å². The lowest BCUT2D eigenvalue weighted by Gasteiger charge is -2.34. The topological polar surface area (TPSA) is 24.9 Å². The Hall–Kier alpha value is -2.62. The molecule has 0 amide bonds. The number of hydrogen-bond acceptors (Lipinski definition) is 4. The number of nitrogens with zero attached hydrogens (tertiary/aromatic N) is 2. The van der Waals surface area contributed by atoms with E-state index < -0.39 is 0 Å². The Morgan fingerprint density at radius 3 is 2.48 bits per heavy atom. The van der Waals surface area contributed by atoms with E-state index in [9.17, 15) is 0 Å². The molecule has 2 aromatic rings. The minimum Gasteiger partial charge on any atom is -0.493 e. The zero-order chi connectivity index (χ0) is 19.4. The molecule has 0 bridgehead atoms. The number of benzene rings is 2. The molecule has 144 valence electrons. The summed E-state index contributed by atoms with van der Waals surface area (Å²) in [5.74, 6) is 1.51. The van der Waals surface area contributed by atoms with Crippen LogP contribution in [0.15, 0.2) is 48.2 Å². The van der Waals surface area contributed by atoms with Crippen LogP contribution in [0.4, 0.5) is 5.69 Å². The van der Waals surface area contributed by atoms with Gasteiger partial charge in [0.05, 0.1) is 26.5 Å². The molecule has 0 saturated carbocycles. The highest BCUT2D eigenvalue weighted by Crippen LogP contribution is 2.34. The van der Waals surface area contributed by atoms with E-state index >= 15 is 0 Å². The minimum absolute atomic E-state index is 0.754. The summed E-state index contributed by atoms with van der Waals surface area (Å²) in [6, 6.07) is 12.7. The molecule has 3 rings (SSSR count). The Morgan fingerprint density at radius 1 is 1.00 bits per heavy atom. The van der Waals surface area contributed by atoms with Crippen LogP contribution in [0.5, 0.6) is 11.5 Å². The Bertz CT molecular complexity index is 829. The number of anilines is 1. The first-order chi connectivity index (χ1) is 13.1. The van der Waals surface area contributed by atoms with Crippen LogP contribution in [-0.2, 0) is 12.8 Å². The third kappa shape index (κ3) is 3.90. The summed E-state index contributed by atoms with van der Waals surface area (Å²) in [4.78, 5) is 0. The van der Waals surface area contributed by atoms with E-state index in [1.807, 2.05) is 12.1 Å². The van der Waals surface area contributed by atoms with Crippen LogP contribution in [-0.4, -0.2) is 32.3 Å². The number of methoxy groups -OCH3 is 2. The van der Waals surface area contributed by atoms with Crippen molar-refractivity contribution in [2.24, 2.45) is 0 Å². The normalized spacial score (nSPS) is 13.7. The van der Waals surface area contributed by atoms with Crippen LogP contribution < -0.4 is 14.5 Å². The molecule has 0 aliphatic carbocycles. The third-order valence-electron chi connectivity index (χ3n) is 5.39. The van der Waals surface area contributed by atoms with Crippen LogP contribution >= 0.6 is 0 Å². The van der Waals surface area contributed by atoms with Gasteiger partial charge < -0.3 is 9.47 Å². The van der Waals surface area contributed by atoms with Gasteiger partial charge in [-0.15, -0.1) is 0 Å². The van der Waals surface area contributed by atoms with Crippen molar-refractivity contribution in [2.75, 3.05) is 32.3 Å². The Kier molecular flexibility index (Phi) is 5.94. The van der Waals surface area contributed by atoms with E-state index in [0.717, 1.165) is 43.1 Å². The average Bonchev–Trinajstić information content (AvgIpc) is 3.06. The predicted molar refractivity (Wildman–Crippen MR) is 112 cm³/mol. The Morgan fingerprint density at radius 2 is 1.78 bits per heavy atom. The number of rotatable bonds is 7. The first-order valence-corrected chi connectivity index (χ1v) is 9.60. The van der Waals surface area contributed by atoms with Crippen molar-refractivity contribution < 1.29 is 9.47 Å². The van der Waals surface area contributed by atoms with Crippen molar-refractivity contribution in [3.63, 3.8) is 0 Å². The van der Waals surface area contributed by atoms with E-state index in [2.05, 4.69) is 61.1 Å². The van der Waals surface area contributed by atoms with Crippen molar-refractivity contribution in [3.05, 3.63) is 64.9 Å². The maximum Gasteiger partial charge on any atom is 0.162 e. The summed E-state index contributed by atoms with van der Waals surface area (Å²) in [6.45, 7) is 8.45. The second-order valence-electron chi connectivity index (χ2n) is 6.91. The fourth-order valence-corrected chi connectivity index (χ4v) is 3.81. The molecular formula is C23H30N2O2. The number of allylic oxidation sites excluding steroid dienone is 1. The first kappa shape index (κ1) is 19.2. The monoisotopic (exact) mass is 366 g/mol. The van der Waals surface area contributed by atoms with E-state index in [0.29, 0.717) is 0 Å². The maximum atomic E-state index is 5.49. The summed E-state index contributed by atoms with van der Waals surface area (Å²) in [6.07, 6.45) is 4.38. The Balaban J connectivity index is 1.81. The molecule has 0 atom stereocenters. The molecule has 4 nitrogen and oxygen atoms in total. The smallest absolute Gasteiger partial charge is 0.162 e. The van der Waals surface area contributed by atoms with E-state index in [-0.39, 0.29) is 0 Å². The fraction of sp³-hybridized carbons (Fsp3) is 0.391. The molecule has 0 unspecified atom stereocenters. The summed E-state index contributed by atoms with van der Waals surface area (Å²) in [5.41, 5.74) is 6.71. The van der Waals surface area contributed by atoms with E-state index in [1.54, 1.807) is 14.2 Å². The van der Waals surface area contributed by atoms with Crippen molar-refractivity contribution in [1.29, 1.82) is 0 Å². The molecule has 1 aliphatic rings. The second-order valence-corrected chi connectivity index (χ2v) is 6.91. The van der Waals surface area contributed by atoms with Crippen molar-refractivity contribution in [3.8, 4) is 11.5 Å². The highest BCUT2D eigenvalue weighted by atomic mass is 16.5. The van der Waals surface area contributed by atoms with Crippen LogP contribution in [0, 0.1) is 6.92 Å². The number of aryl methyl sites for hydroxylation is 2. The molecule has 0 aromatic heterocycles. The van der Waals surface area contributed by atoms with Gasteiger partial charge in [0.1, 0.15) is 0 Å². The van der Waals surface area contributed by atoms with Crippen molar-refractivity contribution in [2.45, 2.75) is 33.6 Å². The molecule has 0 fully saturated rings. The molecule has 0 N–H and O–H groups in total. The maximum absolute atomic E-state index is 5.49. The zero-order valence-electron chi connectivity index (χ0n) is 17.1. The van der Waals surface area contributed by atoms with Gasteiger partial charge in [0.25, 0.3) is 0 Å². The molecule has 1 heterocycles. The van der Waals surface area contributed by atoms with Crippen LogP contribution in [0.25, 0.3) is 0 Å². The SMILES string of the molecule is CCc1cccc(C)c1CCN1C(C)=CCN1c1ccc(OC)c(OC)c1. The molecule has 0 radical (unpaired) electrons. The predicted octanol–water partition coefficient (Wildman–Crippen LogP) is 4.76. The van der Waals surface area contributed by atoms with Crippen molar-refractivity contribution >= 4 is 5.69 Å². The summed E-state index contributed by atoms with van der Waals surface area (Å²) >= 11 is 0. The van der Waals surface area contributed by atoms with Gasteiger partial charge in [-0.2, -0.15) is 0 Å². The lowest BCUT2D eigenvalue weighted by molar-refractivity contribution is 0.344. The highest BCUT2D eigenvalue weighted by Gasteiger charge is 2.23. The molecule has 2 aromatic carbocycles. The first-order valence-electron chi connectivity index (χ1n) is 9.60. The quantitative estimate of drug-likeness (QED) is 0.705. The molecule has 0 saturated heterocycles. The summed E-state index contributed by atoms with van der Waals surface area (Å²) < 4.78 is 10.9. The van der Waals surface area contributed by atoms with Gasteiger partial charge in [0.15, 0.2) is 11.5 Å². The lowest BCUT2D eigenvalue weighted by Crippen LogP contribution is -2.38. The molecule has 27 heavy (non-hydrogen) atoms. The van der Waals surface area contributed by atoms with Gasteiger partial charge in [-0.05, 0) is 61.6 Å². The highest BCUT2D eigenvalue weighted by molar-refractivity contribution is 5.57. The summed E-state index contributed by atoms with van der Waals surface area (Å²) in [5, 5.41) is 4.67. The molecule has 4 heteroatoms. The fourth-order valence-electron chi connectivity index (χ4n) is 3.81. The van der Waals surface area contributed by atoms with Crippen LogP contribution in [0.2, 0.25) is 0 Å². The standard InChI is InChI=1S/C23H30N2O2/c1-6-19-9-7-8-17(2)21(19)13-15-24-18(3)12-14-25(24)20-10-11-22(26-4)23(16-20)27-5/h7-12,16H,6,13-15H2,1-5H3. The van der Waals surface area contributed by atoms with Gasteiger partial charge in [-0.1, -0.05) is 25.1 Å².